The fraction of sp³-hybridized carbons (Fsp3) is 0.167. The molecule has 5 heteroatoms. The molecule has 0 aliphatic heterocycles. The number of aliphatic carboxylic acids is 1. The smallest absolute Gasteiger partial charge is 0.328 e. The lowest BCUT2D eigenvalue weighted by atomic mass is 10.1. The molecular formula is C12H12BrNO3. The van der Waals surface area contributed by atoms with Crippen molar-refractivity contribution in [3.63, 3.8) is 0 Å². The summed E-state index contributed by atoms with van der Waals surface area (Å²) in [7, 11) is 0. The molecule has 4 nitrogen and oxygen atoms in total. The monoisotopic (exact) mass is 297 g/mol. The third-order valence-electron chi connectivity index (χ3n) is 2.14. The molecule has 0 saturated heterocycles. The van der Waals surface area contributed by atoms with Gasteiger partial charge in [-0.1, -0.05) is 22.0 Å². The van der Waals surface area contributed by atoms with E-state index < -0.39 is 11.9 Å². The van der Waals surface area contributed by atoms with E-state index in [-0.39, 0.29) is 0 Å². The molecule has 17 heavy (non-hydrogen) atoms. The molecule has 0 aliphatic rings. The number of benzene rings is 1. The number of amides is 1. The fourth-order valence-corrected chi connectivity index (χ4v) is 1.63. The Bertz CT molecular complexity index is 469. The van der Waals surface area contributed by atoms with Gasteiger partial charge in [0, 0.05) is 23.2 Å². The molecule has 0 fully saturated rings. The van der Waals surface area contributed by atoms with Gasteiger partial charge in [-0.25, -0.2) is 4.79 Å². The van der Waals surface area contributed by atoms with E-state index in [4.69, 9.17) is 5.11 Å². The van der Waals surface area contributed by atoms with Gasteiger partial charge in [0.1, 0.15) is 0 Å². The van der Waals surface area contributed by atoms with Gasteiger partial charge in [-0.05, 0) is 30.2 Å². The molecule has 1 aromatic rings. The topological polar surface area (TPSA) is 66.4 Å². The second kappa shape index (κ2) is 6.20. The molecule has 1 rings (SSSR count). The average molecular weight is 298 g/mol. The Morgan fingerprint density at radius 2 is 2.12 bits per heavy atom. The lowest BCUT2D eigenvalue weighted by Crippen LogP contribution is -2.21. The fourth-order valence-electron chi connectivity index (χ4n) is 1.22. The van der Waals surface area contributed by atoms with Crippen molar-refractivity contribution in [2.45, 2.75) is 13.5 Å². The minimum atomic E-state index is -1.14. The van der Waals surface area contributed by atoms with Crippen LogP contribution in [0.4, 0.5) is 0 Å². The van der Waals surface area contributed by atoms with Crippen LogP contribution in [0.5, 0.6) is 0 Å². The van der Waals surface area contributed by atoms with E-state index in [2.05, 4.69) is 21.2 Å². The SMILES string of the molecule is Cc1ccc(Br)cc1CNC(=O)/C=C/C(=O)O. The molecule has 0 radical (unpaired) electrons. The van der Waals surface area contributed by atoms with Crippen LogP contribution < -0.4 is 5.32 Å². The molecule has 0 bridgehead atoms. The number of rotatable bonds is 4. The van der Waals surface area contributed by atoms with Crippen molar-refractivity contribution in [2.24, 2.45) is 0 Å². The number of carboxylic acids is 1. The van der Waals surface area contributed by atoms with Gasteiger partial charge in [-0.3, -0.25) is 4.79 Å². The predicted octanol–water partition coefficient (Wildman–Crippen LogP) is 2.01. The number of carbonyl (C=O) groups excluding carboxylic acids is 1. The first-order chi connectivity index (χ1) is 7.99. The van der Waals surface area contributed by atoms with Crippen molar-refractivity contribution in [1.29, 1.82) is 0 Å². The summed E-state index contributed by atoms with van der Waals surface area (Å²) in [6.07, 6.45) is 1.80. The van der Waals surface area contributed by atoms with Crippen molar-refractivity contribution in [3.05, 3.63) is 46.0 Å². The molecule has 1 amide bonds. The van der Waals surface area contributed by atoms with Gasteiger partial charge in [0.2, 0.25) is 5.91 Å². The van der Waals surface area contributed by atoms with Crippen LogP contribution in [0.25, 0.3) is 0 Å². The van der Waals surface area contributed by atoms with Crippen LogP contribution in [0.2, 0.25) is 0 Å². The van der Waals surface area contributed by atoms with Gasteiger partial charge < -0.3 is 10.4 Å². The van der Waals surface area contributed by atoms with Gasteiger partial charge in [0.25, 0.3) is 0 Å². The number of carbonyl (C=O) groups is 2. The van der Waals surface area contributed by atoms with E-state index in [1.165, 1.54) is 0 Å². The van der Waals surface area contributed by atoms with Crippen molar-refractivity contribution in [1.82, 2.24) is 5.32 Å². The third kappa shape index (κ3) is 4.82. The largest absolute Gasteiger partial charge is 0.478 e. The summed E-state index contributed by atoms with van der Waals surface area (Å²) in [5.74, 6) is -1.56. The summed E-state index contributed by atoms with van der Waals surface area (Å²) >= 11 is 3.35. The van der Waals surface area contributed by atoms with E-state index in [1.54, 1.807) is 0 Å². The quantitative estimate of drug-likeness (QED) is 0.836. The summed E-state index contributed by atoms with van der Waals surface area (Å²) in [6, 6.07) is 5.78. The molecule has 0 unspecified atom stereocenters. The molecule has 0 saturated carbocycles. The maximum absolute atomic E-state index is 11.2. The Morgan fingerprint density at radius 3 is 2.76 bits per heavy atom. The zero-order valence-electron chi connectivity index (χ0n) is 9.24. The van der Waals surface area contributed by atoms with Crippen LogP contribution in [0.1, 0.15) is 11.1 Å². The molecule has 2 N–H and O–H groups in total. The lowest BCUT2D eigenvalue weighted by molar-refractivity contribution is -0.131. The van der Waals surface area contributed by atoms with E-state index in [0.717, 1.165) is 27.8 Å². The minimum absolute atomic E-state index is 0.369. The van der Waals surface area contributed by atoms with Crippen LogP contribution in [-0.4, -0.2) is 17.0 Å². The standard InChI is InChI=1S/C12H12BrNO3/c1-8-2-3-10(13)6-9(8)7-14-11(15)4-5-12(16)17/h2-6H,7H2,1H3,(H,14,15)(H,16,17)/b5-4+. The normalized spacial score (nSPS) is 10.5. The maximum Gasteiger partial charge on any atom is 0.328 e. The summed E-state index contributed by atoms with van der Waals surface area (Å²) < 4.78 is 0.938. The Balaban J connectivity index is 2.58. The van der Waals surface area contributed by atoms with Crippen molar-refractivity contribution in [2.75, 3.05) is 0 Å². The Kier molecular flexibility index (Phi) is 4.90. The highest BCUT2D eigenvalue weighted by Gasteiger charge is 2.01. The average Bonchev–Trinajstić information content (AvgIpc) is 2.27. The van der Waals surface area contributed by atoms with Crippen LogP contribution in [0.15, 0.2) is 34.8 Å². The van der Waals surface area contributed by atoms with Gasteiger partial charge in [0.15, 0.2) is 0 Å². The molecule has 0 heterocycles. The molecule has 0 aromatic heterocycles. The van der Waals surface area contributed by atoms with Gasteiger partial charge in [-0.15, -0.1) is 0 Å². The maximum atomic E-state index is 11.2. The second-order valence-corrected chi connectivity index (χ2v) is 4.38. The van der Waals surface area contributed by atoms with Gasteiger partial charge in [0.05, 0.1) is 0 Å². The summed E-state index contributed by atoms with van der Waals surface area (Å²) in [6.45, 7) is 2.31. The van der Waals surface area contributed by atoms with E-state index in [1.807, 2.05) is 25.1 Å². The predicted molar refractivity (Wildman–Crippen MR) is 67.5 cm³/mol. The number of halogens is 1. The first-order valence-electron chi connectivity index (χ1n) is 4.93. The number of hydrogen-bond acceptors (Lipinski definition) is 2. The van der Waals surface area contributed by atoms with Crippen molar-refractivity contribution in [3.8, 4) is 0 Å². The minimum Gasteiger partial charge on any atom is -0.478 e. The summed E-state index contributed by atoms with van der Waals surface area (Å²) in [4.78, 5) is 21.4. The van der Waals surface area contributed by atoms with Crippen LogP contribution in [0.3, 0.4) is 0 Å². The molecule has 0 spiro atoms. The highest BCUT2D eigenvalue weighted by molar-refractivity contribution is 9.10. The van der Waals surface area contributed by atoms with E-state index >= 15 is 0 Å². The number of hydrogen-bond donors (Lipinski definition) is 2. The summed E-state index contributed by atoms with van der Waals surface area (Å²) in [5, 5.41) is 11.0. The second-order valence-electron chi connectivity index (χ2n) is 3.46. The van der Waals surface area contributed by atoms with Crippen LogP contribution >= 0.6 is 15.9 Å². The molecule has 1 aromatic carbocycles. The Morgan fingerprint density at radius 1 is 1.41 bits per heavy atom. The third-order valence-corrected chi connectivity index (χ3v) is 2.63. The van der Waals surface area contributed by atoms with Crippen LogP contribution in [-0.2, 0) is 16.1 Å². The Hall–Kier alpha value is -1.62. The molecule has 90 valence electrons. The number of aryl methyl sites for hydroxylation is 1. The first kappa shape index (κ1) is 13.4. The number of carboxylic acid groups (broad SMARTS) is 1. The molecule has 0 atom stereocenters. The zero-order chi connectivity index (χ0) is 12.8. The molecule has 0 aliphatic carbocycles. The van der Waals surface area contributed by atoms with Gasteiger partial charge in [-0.2, -0.15) is 0 Å². The van der Waals surface area contributed by atoms with E-state index in [9.17, 15) is 9.59 Å². The zero-order valence-corrected chi connectivity index (χ0v) is 10.8. The van der Waals surface area contributed by atoms with Crippen molar-refractivity contribution >= 4 is 27.8 Å². The Labute approximate surface area is 107 Å². The van der Waals surface area contributed by atoms with Gasteiger partial charge >= 0.3 is 5.97 Å². The first-order valence-corrected chi connectivity index (χ1v) is 5.72. The lowest BCUT2D eigenvalue weighted by Gasteiger charge is -2.06. The molecular weight excluding hydrogens is 286 g/mol. The number of nitrogens with one attached hydrogen (secondary N) is 1. The van der Waals surface area contributed by atoms with Crippen LogP contribution in [0, 0.1) is 6.92 Å². The highest BCUT2D eigenvalue weighted by Crippen LogP contribution is 2.15. The summed E-state index contributed by atoms with van der Waals surface area (Å²) in [5.41, 5.74) is 2.05. The highest BCUT2D eigenvalue weighted by atomic mass is 79.9. The van der Waals surface area contributed by atoms with E-state index in [0.29, 0.717) is 6.54 Å². The van der Waals surface area contributed by atoms with Crippen molar-refractivity contribution < 1.29 is 14.7 Å².